The zero-order valence-corrected chi connectivity index (χ0v) is 20.4. The van der Waals surface area contributed by atoms with Crippen LogP contribution in [0.25, 0.3) is 0 Å². The molecule has 1 aliphatic rings. The molecule has 188 valence electrons. The second-order valence-corrected chi connectivity index (χ2v) is 9.19. The van der Waals surface area contributed by atoms with E-state index in [2.05, 4.69) is 9.98 Å². The van der Waals surface area contributed by atoms with Crippen molar-refractivity contribution in [1.29, 1.82) is 0 Å². The maximum atomic E-state index is 13.1. The molecular formula is C27H32N6O3. The number of hydrogen-bond donors (Lipinski definition) is 3. The van der Waals surface area contributed by atoms with Crippen molar-refractivity contribution in [2.45, 2.75) is 37.8 Å². The Balaban J connectivity index is 1.42. The SMILES string of the molecule is CN=C(c1ccccc1N)c1ncn(CC2(O)CCN(C(=O)CCc3ccccc3)CC2)c(=O)c1N. The van der Waals surface area contributed by atoms with Crippen LogP contribution in [0, 0.1) is 0 Å². The molecule has 1 aliphatic heterocycles. The molecule has 5 N–H and O–H groups in total. The van der Waals surface area contributed by atoms with E-state index in [1.165, 1.54) is 10.9 Å². The van der Waals surface area contributed by atoms with Crippen LogP contribution in [-0.2, 0) is 17.8 Å². The molecule has 1 saturated heterocycles. The summed E-state index contributed by atoms with van der Waals surface area (Å²) in [5.41, 5.74) is 13.6. The fourth-order valence-electron chi connectivity index (χ4n) is 4.57. The first-order valence-corrected chi connectivity index (χ1v) is 12.0. The van der Waals surface area contributed by atoms with Gasteiger partial charge in [-0.2, -0.15) is 0 Å². The van der Waals surface area contributed by atoms with E-state index in [0.717, 1.165) is 5.56 Å². The fourth-order valence-corrected chi connectivity index (χ4v) is 4.57. The maximum absolute atomic E-state index is 13.1. The summed E-state index contributed by atoms with van der Waals surface area (Å²) >= 11 is 0. The summed E-state index contributed by atoms with van der Waals surface area (Å²) in [5.74, 6) is 0.0694. The Morgan fingerprint density at radius 1 is 1.08 bits per heavy atom. The van der Waals surface area contributed by atoms with Crippen LogP contribution in [0.5, 0.6) is 0 Å². The number of hydrogen-bond acceptors (Lipinski definition) is 7. The number of aromatic nitrogens is 2. The van der Waals surface area contributed by atoms with Gasteiger partial charge >= 0.3 is 0 Å². The van der Waals surface area contributed by atoms with Gasteiger partial charge in [0.1, 0.15) is 11.4 Å². The van der Waals surface area contributed by atoms with E-state index < -0.39 is 11.2 Å². The first-order chi connectivity index (χ1) is 17.3. The molecule has 3 aromatic rings. The number of carbonyl (C=O) groups is 1. The third-order valence-electron chi connectivity index (χ3n) is 6.72. The molecule has 36 heavy (non-hydrogen) atoms. The summed E-state index contributed by atoms with van der Waals surface area (Å²) in [7, 11) is 1.59. The zero-order chi connectivity index (χ0) is 25.7. The van der Waals surface area contributed by atoms with Crippen molar-refractivity contribution in [3.8, 4) is 0 Å². The Hall–Kier alpha value is -3.98. The molecule has 0 atom stereocenters. The number of aliphatic imine (C=N–C) groups is 1. The van der Waals surface area contributed by atoms with Crippen LogP contribution in [0.1, 0.15) is 36.1 Å². The van der Waals surface area contributed by atoms with Crippen molar-refractivity contribution in [3.05, 3.63) is 88.1 Å². The molecule has 0 radical (unpaired) electrons. The van der Waals surface area contributed by atoms with E-state index in [-0.39, 0.29) is 23.8 Å². The summed E-state index contributed by atoms with van der Waals surface area (Å²) in [5, 5.41) is 11.2. The van der Waals surface area contributed by atoms with Crippen LogP contribution in [-0.4, -0.2) is 56.9 Å². The summed E-state index contributed by atoms with van der Waals surface area (Å²) < 4.78 is 1.33. The number of aliphatic hydroxyl groups is 1. The number of carbonyl (C=O) groups excluding carboxylic acids is 1. The van der Waals surface area contributed by atoms with Gasteiger partial charge in [0.25, 0.3) is 5.56 Å². The highest BCUT2D eigenvalue weighted by atomic mass is 16.3. The third kappa shape index (κ3) is 5.46. The Bertz CT molecular complexity index is 1310. The first-order valence-electron chi connectivity index (χ1n) is 12.0. The Kier molecular flexibility index (Phi) is 7.49. The summed E-state index contributed by atoms with van der Waals surface area (Å²) in [4.78, 5) is 36.2. The number of anilines is 2. The van der Waals surface area contributed by atoms with Gasteiger partial charge in [0.15, 0.2) is 0 Å². The number of para-hydroxylation sites is 1. The number of nitrogen functional groups attached to an aromatic ring is 2. The molecule has 4 rings (SSSR count). The van der Waals surface area contributed by atoms with Crippen LogP contribution >= 0.6 is 0 Å². The standard InChI is InChI=1S/C27H32N6O3/c1-30-24(20-9-5-6-10-21(20)28)25-23(29)26(35)33(18-31-25)17-27(36)13-15-32(16-14-27)22(34)12-11-19-7-3-2-4-8-19/h2-10,18,36H,11-17,28-29H2,1H3. The average molecular weight is 489 g/mol. The summed E-state index contributed by atoms with van der Waals surface area (Å²) in [6, 6.07) is 17.1. The maximum Gasteiger partial charge on any atom is 0.277 e. The lowest BCUT2D eigenvalue weighted by Crippen LogP contribution is -2.50. The summed E-state index contributed by atoms with van der Waals surface area (Å²) in [6.07, 6.45) is 3.22. The largest absolute Gasteiger partial charge is 0.398 e. The van der Waals surface area contributed by atoms with E-state index in [1.807, 2.05) is 42.5 Å². The van der Waals surface area contributed by atoms with E-state index in [1.54, 1.807) is 24.1 Å². The summed E-state index contributed by atoms with van der Waals surface area (Å²) in [6.45, 7) is 0.904. The molecule has 1 amide bonds. The Labute approximate surface area is 210 Å². The number of rotatable bonds is 7. The lowest BCUT2D eigenvalue weighted by molar-refractivity contribution is -0.135. The Morgan fingerprint density at radius 3 is 2.42 bits per heavy atom. The molecule has 2 heterocycles. The highest BCUT2D eigenvalue weighted by Crippen LogP contribution is 2.25. The lowest BCUT2D eigenvalue weighted by atomic mass is 9.91. The first kappa shape index (κ1) is 25.1. The average Bonchev–Trinajstić information content (AvgIpc) is 2.89. The van der Waals surface area contributed by atoms with E-state index in [0.29, 0.717) is 55.7 Å². The van der Waals surface area contributed by atoms with Crippen LogP contribution in [0.4, 0.5) is 11.4 Å². The van der Waals surface area contributed by atoms with Gasteiger partial charge < -0.3 is 21.5 Å². The van der Waals surface area contributed by atoms with Gasteiger partial charge in [0.2, 0.25) is 5.91 Å². The molecule has 9 heteroatoms. The second-order valence-electron chi connectivity index (χ2n) is 9.19. The molecule has 2 aromatic carbocycles. The van der Waals surface area contributed by atoms with Crippen LogP contribution < -0.4 is 17.0 Å². The fraction of sp³-hybridized carbons (Fsp3) is 0.333. The number of benzene rings is 2. The van der Waals surface area contributed by atoms with Crippen LogP contribution in [0.3, 0.4) is 0 Å². The van der Waals surface area contributed by atoms with Crippen molar-refractivity contribution in [1.82, 2.24) is 14.5 Å². The lowest BCUT2D eigenvalue weighted by Gasteiger charge is -2.38. The minimum absolute atomic E-state index is 0.0431. The Morgan fingerprint density at radius 2 is 1.75 bits per heavy atom. The highest BCUT2D eigenvalue weighted by molar-refractivity contribution is 6.16. The number of piperidine rings is 1. The number of amides is 1. The third-order valence-corrected chi connectivity index (χ3v) is 6.72. The van der Waals surface area contributed by atoms with E-state index in [9.17, 15) is 14.7 Å². The van der Waals surface area contributed by atoms with Crippen molar-refractivity contribution in [2.24, 2.45) is 4.99 Å². The predicted molar refractivity (Wildman–Crippen MR) is 141 cm³/mol. The normalized spacial score (nSPS) is 15.6. The van der Waals surface area contributed by atoms with Crippen molar-refractivity contribution < 1.29 is 9.90 Å². The topological polar surface area (TPSA) is 140 Å². The molecular weight excluding hydrogens is 456 g/mol. The molecule has 9 nitrogen and oxygen atoms in total. The highest BCUT2D eigenvalue weighted by Gasteiger charge is 2.35. The molecule has 1 fully saturated rings. The number of nitrogens with two attached hydrogens (primary N) is 2. The van der Waals surface area contributed by atoms with Gasteiger partial charge in [0.05, 0.1) is 24.2 Å². The predicted octanol–water partition coefficient (Wildman–Crippen LogP) is 1.86. The molecule has 1 aromatic heterocycles. The molecule has 0 bridgehead atoms. The minimum Gasteiger partial charge on any atom is -0.398 e. The number of aryl methyl sites for hydroxylation is 1. The zero-order valence-electron chi connectivity index (χ0n) is 20.4. The molecule has 0 unspecified atom stereocenters. The van der Waals surface area contributed by atoms with Crippen LogP contribution in [0.2, 0.25) is 0 Å². The number of nitrogens with zero attached hydrogens (tertiary/aromatic N) is 4. The van der Waals surface area contributed by atoms with Crippen molar-refractivity contribution in [3.63, 3.8) is 0 Å². The minimum atomic E-state index is -1.14. The second kappa shape index (κ2) is 10.7. The molecule has 0 spiro atoms. The quantitative estimate of drug-likeness (QED) is 0.343. The van der Waals surface area contributed by atoms with Crippen molar-refractivity contribution >= 4 is 23.0 Å². The van der Waals surface area contributed by atoms with E-state index in [4.69, 9.17) is 11.5 Å². The van der Waals surface area contributed by atoms with Gasteiger partial charge in [-0.25, -0.2) is 4.98 Å². The smallest absolute Gasteiger partial charge is 0.277 e. The molecule has 0 saturated carbocycles. The molecule has 0 aliphatic carbocycles. The van der Waals surface area contributed by atoms with Gasteiger partial charge in [0, 0.05) is 37.8 Å². The monoisotopic (exact) mass is 488 g/mol. The number of likely N-dealkylation sites (tertiary alicyclic amines) is 1. The van der Waals surface area contributed by atoms with Crippen molar-refractivity contribution in [2.75, 3.05) is 31.6 Å². The van der Waals surface area contributed by atoms with Gasteiger partial charge in [-0.15, -0.1) is 0 Å². The van der Waals surface area contributed by atoms with Crippen LogP contribution in [0.15, 0.2) is 70.7 Å². The van der Waals surface area contributed by atoms with E-state index >= 15 is 0 Å². The van der Waals surface area contributed by atoms with Gasteiger partial charge in [-0.05, 0) is 30.9 Å². The van der Waals surface area contributed by atoms with Gasteiger partial charge in [-0.3, -0.25) is 19.1 Å². The van der Waals surface area contributed by atoms with Gasteiger partial charge in [-0.1, -0.05) is 48.5 Å².